The monoisotopic (exact) mass is 355 g/mol. The molecule has 0 saturated carbocycles. The molecule has 0 radical (unpaired) electrons. The molecule has 2 rings (SSSR count). The van der Waals surface area contributed by atoms with Crippen LogP contribution in [-0.4, -0.2) is 20.0 Å². The lowest BCUT2D eigenvalue weighted by molar-refractivity contribution is -0.116. The second kappa shape index (κ2) is 6.72. The van der Waals surface area contributed by atoms with Gasteiger partial charge in [-0.2, -0.15) is 8.42 Å². The van der Waals surface area contributed by atoms with E-state index in [1.165, 1.54) is 0 Å². The fraction of sp³-hybridized carbons (Fsp3) is 0.333. The number of hydrogen-bond acceptors (Lipinski definition) is 3. The van der Waals surface area contributed by atoms with E-state index in [-0.39, 0.29) is 12.3 Å². The highest BCUT2D eigenvalue weighted by Gasteiger charge is 2.20. The molecular formula is C15H18ClN3O3S. The molecule has 0 aliphatic carbocycles. The normalized spacial score (nSPS) is 16.6. The van der Waals surface area contributed by atoms with Gasteiger partial charge in [0, 0.05) is 22.8 Å². The Morgan fingerprint density at radius 2 is 2.00 bits per heavy atom. The lowest BCUT2D eigenvalue weighted by atomic mass is 10.0. The summed E-state index contributed by atoms with van der Waals surface area (Å²) in [6.07, 6.45) is 0.630. The van der Waals surface area contributed by atoms with Crippen LogP contribution < -0.4 is 10.0 Å². The highest BCUT2D eigenvalue weighted by atomic mass is 35.5. The summed E-state index contributed by atoms with van der Waals surface area (Å²) in [6, 6.07) is 5.24. The van der Waals surface area contributed by atoms with Crippen molar-refractivity contribution in [2.45, 2.75) is 33.6 Å². The van der Waals surface area contributed by atoms with Crippen molar-refractivity contribution in [3.8, 4) is 0 Å². The summed E-state index contributed by atoms with van der Waals surface area (Å²) in [5, 5.41) is 3.44. The van der Waals surface area contributed by atoms with Crippen LogP contribution in [0.4, 0.5) is 5.69 Å². The quantitative estimate of drug-likeness (QED) is 0.870. The molecule has 0 aromatic heterocycles. The number of carbonyl (C=O) groups is 1. The van der Waals surface area contributed by atoms with E-state index in [0.29, 0.717) is 28.5 Å². The smallest absolute Gasteiger partial charge is 0.326 e. The minimum atomic E-state index is -3.64. The summed E-state index contributed by atoms with van der Waals surface area (Å²) in [6.45, 7) is 5.14. The van der Waals surface area contributed by atoms with Gasteiger partial charge in [0.05, 0.1) is 5.71 Å². The van der Waals surface area contributed by atoms with Crippen LogP contribution in [0.25, 0.3) is 0 Å². The van der Waals surface area contributed by atoms with Gasteiger partial charge in [-0.3, -0.25) is 9.52 Å². The van der Waals surface area contributed by atoms with Crippen molar-refractivity contribution in [3.63, 3.8) is 0 Å². The van der Waals surface area contributed by atoms with Crippen molar-refractivity contribution in [1.82, 2.24) is 4.72 Å². The van der Waals surface area contributed by atoms with Gasteiger partial charge in [0.25, 0.3) is 0 Å². The van der Waals surface area contributed by atoms with Crippen LogP contribution in [0, 0.1) is 6.92 Å². The number of allylic oxidation sites excluding steroid dienone is 2. The van der Waals surface area contributed by atoms with E-state index in [1.807, 2.05) is 6.92 Å². The molecule has 1 aromatic carbocycles. The van der Waals surface area contributed by atoms with Gasteiger partial charge in [-0.05, 0) is 56.5 Å². The van der Waals surface area contributed by atoms with Crippen LogP contribution in [-0.2, 0) is 15.0 Å². The number of anilines is 1. The fourth-order valence-electron chi connectivity index (χ4n) is 2.37. The number of amides is 1. The molecule has 1 aromatic rings. The maximum Gasteiger partial charge on any atom is 0.342 e. The Bertz CT molecular complexity index is 813. The van der Waals surface area contributed by atoms with Crippen molar-refractivity contribution in [3.05, 3.63) is 40.1 Å². The predicted molar refractivity (Wildman–Crippen MR) is 91.9 cm³/mol. The molecule has 23 heavy (non-hydrogen) atoms. The maximum atomic E-state index is 12.1. The molecule has 0 saturated heterocycles. The minimum Gasteiger partial charge on any atom is -0.326 e. The third-order valence-electron chi connectivity index (χ3n) is 3.49. The Balaban J connectivity index is 2.01. The topological polar surface area (TPSA) is 87.6 Å². The molecule has 0 unspecified atom stereocenters. The molecule has 1 aliphatic rings. The molecule has 1 aliphatic heterocycles. The third-order valence-corrected chi connectivity index (χ3v) is 4.81. The van der Waals surface area contributed by atoms with Crippen molar-refractivity contribution in [2.24, 2.45) is 4.40 Å². The zero-order valence-corrected chi connectivity index (χ0v) is 14.7. The highest BCUT2D eigenvalue weighted by Crippen LogP contribution is 2.21. The first-order chi connectivity index (χ1) is 10.7. The summed E-state index contributed by atoms with van der Waals surface area (Å²) < 4.78 is 28.8. The van der Waals surface area contributed by atoms with Crippen molar-refractivity contribution in [2.75, 3.05) is 5.32 Å². The third kappa shape index (κ3) is 4.56. The average Bonchev–Trinajstić information content (AvgIpc) is 2.39. The molecule has 2 N–H and O–H groups in total. The molecule has 124 valence electrons. The number of carbonyl (C=O) groups excluding carboxylic acids is 1. The molecule has 1 amide bonds. The van der Waals surface area contributed by atoms with Gasteiger partial charge in [-0.25, -0.2) is 0 Å². The molecule has 1 heterocycles. The second-order valence-corrected chi connectivity index (χ2v) is 7.14. The fourth-order valence-corrected chi connectivity index (χ4v) is 3.62. The van der Waals surface area contributed by atoms with Gasteiger partial charge in [0.2, 0.25) is 5.91 Å². The number of nitrogens with zero attached hydrogens (tertiary/aromatic N) is 1. The number of nitrogens with one attached hydrogen (secondary N) is 2. The number of rotatable bonds is 4. The zero-order valence-electron chi connectivity index (χ0n) is 13.1. The van der Waals surface area contributed by atoms with Gasteiger partial charge < -0.3 is 5.32 Å². The minimum absolute atomic E-state index is 0.156. The van der Waals surface area contributed by atoms with Crippen LogP contribution in [0.5, 0.6) is 0 Å². The van der Waals surface area contributed by atoms with E-state index in [0.717, 1.165) is 11.1 Å². The van der Waals surface area contributed by atoms with E-state index < -0.39 is 10.2 Å². The van der Waals surface area contributed by atoms with E-state index in [4.69, 9.17) is 11.6 Å². The first-order valence-corrected chi connectivity index (χ1v) is 8.85. The molecule has 6 nitrogen and oxygen atoms in total. The van der Waals surface area contributed by atoms with Crippen LogP contribution in [0.15, 0.2) is 33.9 Å². The first-order valence-electron chi connectivity index (χ1n) is 7.03. The van der Waals surface area contributed by atoms with E-state index in [2.05, 4.69) is 14.4 Å². The Morgan fingerprint density at radius 1 is 1.30 bits per heavy atom. The number of hydrogen-bond donors (Lipinski definition) is 2. The number of halogens is 1. The van der Waals surface area contributed by atoms with Gasteiger partial charge >= 0.3 is 10.2 Å². The van der Waals surface area contributed by atoms with E-state index in [9.17, 15) is 13.2 Å². The molecular weight excluding hydrogens is 338 g/mol. The van der Waals surface area contributed by atoms with Crippen LogP contribution in [0.2, 0.25) is 5.02 Å². The predicted octanol–water partition coefficient (Wildman–Crippen LogP) is 2.95. The summed E-state index contributed by atoms with van der Waals surface area (Å²) in [7, 11) is -3.64. The van der Waals surface area contributed by atoms with E-state index in [1.54, 1.807) is 32.0 Å². The summed E-state index contributed by atoms with van der Waals surface area (Å²) in [4.78, 5) is 12.1. The summed E-state index contributed by atoms with van der Waals surface area (Å²) >= 11 is 5.88. The Labute approximate surface area is 140 Å². The van der Waals surface area contributed by atoms with Gasteiger partial charge in [0.15, 0.2) is 0 Å². The lowest BCUT2D eigenvalue weighted by Gasteiger charge is -2.18. The van der Waals surface area contributed by atoms with Crippen molar-refractivity contribution in [1.29, 1.82) is 0 Å². The average molecular weight is 356 g/mol. The summed E-state index contributed by atoms with van der Waals surface area (Å²) in [5.41, 5.74) is 3.25. The number of benzene rings is 1. The highest BCUT2D eigenvalue weighted by molar-refractivity contribution is 7.88. The molecule has 0 spiro atoms. The molecule has 8 heteroatoms. The largest absolute Gasteiger partial charge is 0.342 e. The maximum absolute atomic E-state index is 12.1. The molecule has 0 atom stereocenters. The van der Waals surface area contributed by atoms with Gasteiger partial charge in [0.1, 0.15) is 0 Å². The van der Waals surface area contributed by atoms with Crippen LogP contribution >= 0.6 is 11.6 Å². The molecule has 0 fully saturated rings. The van der Waals surface area contributed by atoms with E-state index >= 15 is 0 Å². The first kappa shape index (κ1) is 17.5. The Hall–Kier alpha value is -1.86. The number of aryl methyl sites for hydroxylation is 1. The SMILES string of the molecule is CC1=NS(=O)(=O)NC(C)=C1CCC(=O)Nc1ccc(Cl)cc1C. The zero-order chi connectivity index (χ0) is 17.2. The van der Waals surface area contributed by atoms with Crippen LogP contribution in [0.1, 0.15) is 32.3 Å². The molecule has 0 bridgehead atoms. The van der Waals surface area contributed by atoms with Gasteiger partial charge in [-0.1, -0.05) is 11.6 Å². The Morgan fingerprint density at radius 3 is 2.61 bits per heavy atom. The standard InChI is InChI=1S/C15H18ClN3O3S/c1-9-8-12(16)4-6-14(9)17-15(20)7-5-13-10(2)18-23(21,22)19-11(13)3/h4,6,8,18H,5,7H2,1-3H3,(H,17,20). The second-order valence-electron chi connectivity index (χ2n) is 5.36. The van der Waals surface area contributed by atoms with Crippen molar-refractivity contribution < 1.29 is 13.2 Å². The Kier molecular flexibility index (Phi) is 5.11. The summed E-state index contributed by atoms with van der Waals surface area (Å²) in [5.74, 6) is -0.156. The van der Waals surface area contributed by atoms with Crippen LogP contribution in [0.3, 0.4) is 0 Å². The van der Waals surface area contributed by atoms with Gasteiger partial charge in [-0.15, -0.1) is 4.40 Å². The lowest BCUT2D eigenvalue weighted by Crippen LogP contribution is -2.28. The van der Waals surface area contributed by atoms with Crippen molar-refractivity contribution >= 4 is 39.1 Å².